The summed E-state index contributed by atoms with van der Waals surface area (Å²) in [6, 6.07) is 27.0. The normalized spacial score (nSPS) is 20.2. The van der Waals surface area contributed by atoms with E-state index >= 15 is 0 Å². The fourth-order valence-electron chi connectivity index (χ4n) is 5.92. The first-order chi connectivity index (χ1) is 21.8. The first-order valence-corrected chi connectivity index (χ1v) is 15.9. The Morgan fingerprint density at radius 3 is 1.78 bits per heavy atom. The molecule has 1 aromatic heterocycles. The van der Waals surface area contributed by atoms with Crippen LogP contribution in [-0.4, -0.2) is 33.3 Å². The lowest BCUT2D eigenvalue weighted by Crippen LogP contribution is -2.41. The summed E-state index contributed by atoms with van der Waals surface area (Å²) < 4.78 is 12.6. The van der Waals surface area contributed by atoms with E-state index < -0.39 is 18.3 Å². The van der Waals surface area contributed by atoms with Crippen molar-refractivity contribution in [1.82, 2.24) is 15.0 Å². The summed E-state index contributed by atoms with van der Waals surface area (Å²) in [5, 5.41) is 0. The van der Waals surface area contributed by atoms with Gasteiger partial charge in [0.25, 0.3) is 0 Å². The third kappa shape index (κ3) is 6.00. The zero-order valence-corrected chi connectivity index (χ0v) is 26.4. The average Bonchev–Trinajstić information content (AvgIpc) is 3.31. The quantitative estimate of drug-likeness (QED) is 0.211. The minimum Gasteiger partial charge on any atom is -0.399 e. The molecule has 0 N–H and O–H groups in total. The van der Waals surface area contributed by atoms with E-state index in [-0.39, 0.29) is 0 Å². The Kier molecular flexibility index (Phi) is 7.72. The van der Waals surface area contributed by atoms with Crippen molar-refractivity contribution in [1.29, 1.82) is 0 Å². The maximum Gasteiger partial charge on any atom is 0.494 e. The highest BCUT2D eigenvalue weighted by Crippen LogP contribution is 2.37. The molecule has 0 amide bonds. The molecule has 1 fully saturated rings. The van der Waals surface area contributed by atoms with E-state index in [4.69, 9.17) is 24.3 Å². The van der Waals surface area contributed by atoms with Crippen LogP contribution in [0.5, 0.6) is 0 Å². The van der Waals surface area contributed by atoms with Crippen molar-refractivity contribution in [3.8, 4) is 33.9 Å². The number of benzene rings is 3. The molecule has 224 valence electrons. The lowest BCUT2D eigenvalue weighted by molar-refractivity contribution is 0.00578. The van der Waals surface area contributed by atoms with Crippen LogP contribution in [0.25, 0.3) is 39.5 Å². The third-order valence-electron chi connectivity index (χ3n) is 9.39. The number of aromatic nitrogens is 3. The molecule has 1 unspecified atom stereocenters. The zero-order chi connectivity index (χ0) is 31.0. The number of hydrogen-bond acceptors (Lipinski definition) is 5. The first-order valence-electron chi connectivity index (χ1n) is 15.9. The summed E-state index contributed by atoms with van der Waals surface area (Å²) >= 11 is 0. The molecule has 1 aliphatic heterocycles. The van der Waals surface area contributed by atoms with Gasteiger partial charge in [0.05, 0.1) is 11.2 Å². The van der Waals surface area contributed by atoms with Crippen molar-refractivity contribution in [2.24, 2.45) is 5.92 Å². The fraction of sp³-hybridized carbons (Fsp3) is 0.256. The molecule has 2 heterocycles. The second-order valence-corrected chi connectivity index (χ2v) is 13.0. The van der Waals surface area contributed by atoms with E-state index in [0.717, 1.165) is 47.0 Å². The second kappa shape index (κ2) is 11.8. The van der Waals surface area contributed by atoms with Crippen molar-refractivity contribution in [2.75, 3.05) is 0 Å². The second-order valence-electron chi connectivity index (χ2n) is 13.0. The molecule has 1 atom stereocenters. The lowest BCUT2D eigenvalue weighted by atomic mass is 9.79. The molecule has 4 aromatic rings. The summed E-state index contributed by atoms with van der Waals surface area (Å²) in [6.07, 6.45) is 16.8. The first kappa shape index (κ1) is 29.3. The predicted molar refractivity (Wildman–Crippen MR) is 184 cm³/mol. The number of hydrogen-bond donors (Lipinski definition) is 0. The van der Waals surface area contributed by atoms with E-state index in [1.165, 1.54) is 11.1 Å². The highest BCUT2D eigenvalue weighted by molar-refractivity contribution is 6.62. The summed E-state index contributed by atoms with van der Waals surface area (Å²) in [5.41, 5.74) is 6.79. The lowest BCUT2D eigenvalue weighted by Gasteiger charge is -2.32. The number of nitrogens with zero attached hydrogens (tertiary/aromatic N) is 3. The molecule has 1 saturated heterocycles. The van der Waals surface area contributed by atoms with Crippen LogP contribution in [-0.2, 0) is 9.31 Å². The highest BCUT2D eigenvalue weighted by Gasteiger charge is 2.51. The van der Waals surface area contributed by atoms with Crippen LogP contribution in [0, 0.1) is 5.92 Å². The van der Waals surface area contributed by atoms with Gasteiger partial charge in [0, 0.05) is 22.6 Å². The predicted octanol–water partition coefficient (Wildman–Crippen LogP) is 8.41. The van der Waals surface area contributed by atoms with Gasteiger partial charge < -0.3 is 9.31 Å². The Balaban J connectivity index is 1.22. The molecule has 0 radical (unpaired) electrons. The molecule has 2 aliphatic carbocycles. The van der Waals surface area contributed by atoms with Crippen LogP contribution in [0.1, 0.15) is 52.8 Å². The van der Waals surface area contributed by atoms with Crippen LogP contribution in [0.2, 0.25) is 0 Å². The smallest absolute Gasteiger partial charge is 0.399 e. The summed E-state index contributed by atoms with van der Waals surface area (Å²) in [7, 11) is -0.420. The molecular formula is C39H38BN3O2. The molecule has 7 rings (SSSR count). The van der Waals surface area contributed by atoms with E-state index in [0.29, 0.717) is 23.4 Å². The Labute approximate surface area is 266 Å². The molecule has 6 heteroatoms. The van der Waals surface area contributed by atoms with Gasteiger partial charge in [-0.25, -0.2) is 15.0 Å². The van der Waals surface area contributed by atoms with E-state index in [1.807, 2.05) is 30.3 Å². The number of rotatable bonds is 6. The van der Waals surface area contributed by atoms with Crippen molar-refractivity contribution < 1.29 is 9.31 Å². The Bertz CT molecular complexity index is 1800. The summed E-state index contributed by atoms with van der Waals surface area (Å²) in [4.78, 5) is 15.0. The maximum absolute atomic E-state index is 6.28. The van der Waals surface area contributed by atoms with Gasteiger partial charge in [0.1, 0.15) is 0 Å². The molecule has 5 nitrogen and oxygen atoms in total. The molecule has 0 spiro atoms. The van der Waals surface area contributed by atoms with Crippen LogP contribution < -0.4 is 5.46 Å². The Morgan fingerprint density at radius 2 is 1.20 bits per heavy atom. The fourth-order valence-corrected chi connectivity index (χ4v) is 5.92. The van der Waals surface area contributed by atoms with E-state index in [2.05, 4.69) is 113 Å². The Hall–Kier alpha value is -4.39. The molecular weight excluding hydrogens is 553 g/mol. The van der Waals surface area contributed by atoms with Crippen LogP contribution in [0.15, 0.2) is 121 Å². The van der Waals surface area contributed by atoms with Crippen LogP contribution in [0.4, 0.5) is 0 Å². The van der Waals surface area contributed by atoms with Gasteiger partial charge in [-0.1, -0.05) is 115 Å². The van der Waals surface area contributed by atoms with Crippen molar-refractivity contribution in [3.05, 3.63) is 127 Å². The minimum absolute atomic E-state index is 0.388. The van der Waals surface area contributed by atoms with Crippen molar-refractivity contribution in [3.63, 3.8) is 0 Å². The zero-order valence-electron chi connectivity index (χ0n) is 26.4. The highest BCUT2D eigenvalue weighted by atomic mass is 16.7. The van der Waals surface area contributed by atoms with E-state index in [1.54, 1.807) is 0 Å². The van der Waals surface area contributed by atoms with Crippen LogP contribution in [0.3, 0.4) is 0 Å². The largest absolute Gasteiger partial charge is 0.494 e. The maximum atomic E-state index is 6.28. The Morgan fingerprint density at radius 1 is 0.622 bits per heavy atom. The minimum atomic E-state index is -0.420. The molecule has 0 bridgehead atoms. The van der Waals surface area contributed by atoms with Crippen LogP contribution >= 0.6 is 0 Å². The standard InChI is InChI=1S/C39H38BN3O2/c1-38(2)39(3,4)45-40(44-38)34-25-23-33(24-26-34)37-42-35(31-19-15-29(16-20-31)27-11-7-5-8-12-27)41-36(43-37)32-21-17-30(18-22-32)28-13-9-6-10-14-28/h5,7-9,11-17,19-26,30H,6,10,18H2,1-4H3. The summed E-state index contributed by atoms with van der Waals surface area (Å²) in [5.74, 6) is 2.36. The third-order valence-corrected chi connectivity index (χ3v) is 9.39. The van der Waals surface area contributed by atoms with Gasteiger partial charge in [-0.2, -0.15) is 0 Å². The van der Waals surface area contributed by atoms with E-state index in [9.17, 15) is 0 Å². The van der Waals surface area contributed by atoms with Gasteiger partial charge in [-0.3, -0.25) is 0 Å². The topological polar surface area (TPSA) is 57.1 Å². The van der Waals surface area contributed by atoms with Gasteiger partial charge in [-0.15, -0.1) is 0 Å². The molecule has 3 aromatic carbocycles. The number of allylic oxidation sites excluding steroid dienone is 8. The SMILES string of the molecule is CC1(C)OB(c2ccc(-c3nc(C4=CCC(C5=CCCC=C5)C=C4)nc(-c4ccc(-c5ccccc5)cc4)n3)cc2)OC1(C)C. The molecule has 45 heavy (non-hydrogen) atoms. The average molecular weight is 592 g/mol. The van der Waals surface area contributed by atoms with Gasteiger partial charge in [0.15, 0.2) is 17.5 Å². The van der Waals surface area contributed by atoms with Gasteiger partial charge in [-0.05, 0) is 69.1 Å². The monoisotopic (exact) mass is 591 g/mol. The summed E-state index contributed by atoms with van der Waals surface area (Å²) in [6.45, 7) is 8.28. The van der Waals surface area contributed by atoms with Crippen molar-refractivity contribution in [2.45, 2.75) is 58.2 Å². The van der Waals surface area contributed by atoms with Crippen molar-refractivity contribution >= 4 is 18.2 Å². The molecule has 3 aliphatic rings. The molecule has 0 saturated carbocycles. The van der Waals surface area contributed by atoms with Gasteiger partial charge >= 0.3 is 7.12 Å². The van der Waals surface area contributed by atoms with Gasteiger partial charge in [0.2, 0.25) is 0 Å².